The number of nitrogens with zero attached hydrogens (tertiary/aromatic N) is 1. The van der Waals surface area contributed by atoms with Crippen LogP contribution in [0.1, 0.15) is 36.4 Å². The van der Waals surface area contributed by atoms with Gasteiger partial charge in [-0.25, -0.2) is 8.42 Å². The molecule has 1 N–H and O–H groups in total. The van der Waals surface area contributed by atoms with Crippen molar-refractivity contribution < 1.29 is 22.4 Å². The number of para-hydroxylation sites is 1. The average Bonchev–Trinajstić information content (AvgIpc) is 3.21. The Hall–Kier alpha value is -3.62. The van der Waals surface area contributed by atoms with Crippen molar-refractivity contribution in [1.29, 1.82) is 0 Å². The average molecular weight is 519 g/mol. The zero-order valence-electron chi connectivity index (χ0n) is 21.1. The predicted molar refractivity (Wildman–Crippen MR) is 144 cm³/mol. The minimum atomic E-state index is -3.64. The van der Waals surface area contributed by atoms with Gasteiger partial charge in [0, 0.05) is 29.7 Å². The fraction of sp³-hybridized carbons (Fsp3) is 0.276. The van der Waals surface area contributed by atoms with E-state index in [1.807, 2.05) is 30.3 Å². The van der Waals surface area contributed by atoms with Gasteiger partial charge in [-0.05, 0) is 79.8 Å². The standard InChI is InChI=1S/C29H30N2O5S/c1-19-15-20(2)18-31(17-19)37(33,34)25-13-14-27-26(16-25)21(3)28(36-27)29(32)30-22-9-11-24(12-10-22)35-23-7-5-4-6-8-23/h4-14,16,19-20H,15,17-18H2,1-3H3,(H,30,32)/t19-,20-/m0/s1. The van der Waals surface area contributed by atoms with Gasteiger partial charge in [-0.1, -0.05) is 32.0 Å². The Morgan fingerprint density at radius 1 is 0.946 bits per heavy atom. The monoisotopic (exact) mass is 518 g/mol. The van der Waals surface area contributed by atoms with E-state index < -0.39 is 15.9 Å². The summed E-state index contributed by atoms with van der Waals surface area (Å²) in [6, 6.07) is 21.3. The maximum Gasteiger partial charge on any atom is 0.291 e. The molecule has 0 aliphatic carbocycles. The van der Waals surface area contributed by atoms with E-state index in [1.165, 1.54) is 0 Å². The van der Waals surface area contributed by atoms with Gasteiger partial charge in [-0.2, -0.15) is 4.31 Å². The molecule has 0 radical (unpaired) electrons. The molecule has 1 aromatic heterocycles. The minimum absolute atomic E-state index is 0.148. The topological polar surface area (TPSA) is 88.8 Å². The summed E-state index contributed by atoms with van der Waals surface area (Å²) >= 11 is 0. The summed E-state index contributed by atoms with van der Waals surface area (Å²) in [4.78, 5) is 13.2. The summed E-state index contributed by atoms with van der Waals surface area (Å²) in [5.74, 6) is 1.74. The van der Waals surface area contributed by atoms with Gasteiger partial charge in [-0.15, -0.1) is 0 Å². The van der Waals surface area contributed by atoms with Crippen molar-refractivity contribution in [2.75, 3.05) is 18.4 Å². The lowest BCUT2D eigenvalue weighted by atomic mass is 9.94. The number of carbonyl (C=O) groups excluding carboxylic acids is 1. The molecule has 192 valence electrons. The summed E-state index contributed by atoms with van der Waals surface area (Å²) in [6.45, 7) is 6.95. The lowest BCUT2D eigenvalue weighted by Crippen LogP contribution is -2.42. The van der Waals surface area contributed by atoms with Crippen molar-refractivity contribution >= 4 is 32.6 Å². The number of hydrogen-bond donors (Lipinski definition) is 1. The Balaban J connectivity index is 1.34. The van der Waals surface area contributed by atoms with Crippen LogP contribution in [0.4, 0.5) is 5.69 Å². The minimum Gasteiger partial charge on any atom is -0.457 e. The molecule has 3 aromatic carbocycles. The first-order chi connectivity index (χ1) is 17.7. The van der Waals surface area contributed by atoms with Crippen LogP contribution >= 0.6 is 0 Å². The van der Waals surface area contributed by atoms with Crippen LogP contribution in [0.2, 0.25) is 0 Å². The molecule has 2 heterocycles. The Kier molecular flexibility index (Phi) is 6.79. The molecule has 0 spiro atoms. The van der Waals surface area contributed by atoms with Gasteiger partial charge in [0.05, 0.1) is 4.90 Å². The van der Waals surface area contributed by atoms with Crippen LogP contribution in [-0.2, 0) is 10.0 Å². The second kappa shape index (κ2) is 10.0. The lowest BCUT2D eigenvalue weighted by molar-refractivity contribution is 0.0998. The summed E-state index contributed by atoms with van der Waals surface area (Å²) in [7, 11) is -3.64. The van der Waals surface area contributed by atoms with Crippen molar-refractivity contribution in [2.24, 2.45) is 11.8 Å². The first-order valence-electron chi connectivity index (χ1n) is 12.4. The van der Waals surface area contributed by atoms with E-state index in [2.05, 4.69) is 19.2 Å². The van der Waals surface area contributed by atoms with Crippen LogP contribution in [0.3, 0.4) is 0 Å². The Bertz CT molecular complexity index is 1520. The van der Waals surface area contributed by atoms with Gasteiger partial charge >= 0.3 is 0 Å². The van der Waals surface area contributed by atoms with Gasteiger partial charge in [0.1, 0.15) is 17.1 Å². The number of sulfonamides is 1. The van der Waals surface area contributed by atoms with Gasteiger partial charge in [0.2, 0.25) is 10.0 Å². The number of carbonyl (C=O) groups is 1. The van der Waals surface area contributed by atoms with Crippen LogP contribution < -0.4 is 10.1 Å². The number of amides is 1. The number of piperidine rings is 1. The van der Waals surface area contributed by atoms with Crippen LogP contribution in [0.15, 0.2) is 82.1 Å². The third kappa shape index (κ3) is 5.26. The highest BCUT2D eigenvalue weighted by Gasteiger charge is 2.32. The van der Waals surface area contributed by atoms with Crippen molar-refractivity contribution in [3.63, 3.8) is 0 Å². The smallest absolute Gasteiger partial charge is 0.291 e. The lowest BCUT2D eigenvalue weighted by Gasteiger charge is -2.34. The molecule has 2 atom stereocenters. The fourth-order valence-corrected chi connectivity index (χ4v) is 6.65. The van der Waals surface area contributed by atoms with Crippen LogP contribution in [0, 0.1) is 18.8 Å². The highest BCUT2D eigenvalue weighted by molar-refractivity contribution is 7.89. The van der Waals surface area contributed by atoms with Gasteiger partial charge in [0.25, 0.3) is 5.91 Å². The SMILES string of the molecule is Cc1c(C(=O)Nc2ccc(Oc3ccccc3)cc2)oc2ccc(S(=O)(=O)N3C[C@@H](C)C[C@H](C)C3)cc12. The summed E-state index contributed by atoms with van der Waals surface area (Å²) in [5.41, 5.74) is 1.64. The van der Waals surface area contributed by atoms with Crippen LogP contribution in [0.5, 0.6) is 11.5 Å². The van der Waals surface area contributed by atoms with Gasteiger partial charge in [-0.3, -0.25) is 4.79 Å². The van der Waals surface area contributed by atoms with Crippen LogP contribution in [0.25, 0.3) is 11.0 Å². The second-order valence-corrected chi connectivity index (χ2v) is 11.8. The zero-order chi connectivity index (χ0) is 26.2. The summed E-state index contributed by atoms with van der Waals surface area (Å²) in [6.07, 6.45) is 1.02. The highest BCUT2D eigenvalue weighted by Crippen LogP contribution is 2.32. The molecule has 0 unspecified atom stereocenters. The zero-order valence-corrected chi connectivity index (χ0v) is 21.9. The quantitative estimate of drug-likeness (QED) is 0.317. The molecule has 1 aliphatic rings. The number of fused-ring (bicyclic) bond motifs is 1. The van der Waals surface area contributed by atoms with Crippen molar-refractivity contribution in [1.82, 2.24) is 4.31 Å². The Morgan fingerprint density at radius 3 is 2.27 bits per heavy atom. The van der Waals surface area contributed by atoms with E-state index in [1.54, 1.807) is 53.7 Å². The van der Waals surface area contributed by atoms with Gasteiger partial charge in [0.15, 0.2) is 5.76 Å². The molecule has 37 heavy (non-hydrogen) atoms. The van der Waals surface area contributed by atoms with Crippen molar-refractivity contribution in [3.05, 3.63) is 84.1 Å². The highest BCUT2D eigenvalue weighted by atomic mass is 32.2. The number of ether oxygens (including phenoxy) is 1. The molecule has 7 nitrogen and oxygen atoms in total. The molecule has 0 saturated carbocycles. The molecular formula is C29H30N2O5S. The van der Waals surface area contributed by atoms with E-state index in [0.29, 0.717) is 52.9 Å². The van der Waals surface area contributed by atoms with Gasteiger partial charge < -0.3 is 14.5 Å². The second-order valence-electron chi connectivity index (χ2n) is 9.88. The number of anilines is 1. The van der Waals surface area contributed by atoms with Crippen LogP contribution in [-0.4, -0.2) is 31.7 Å². The molecule has 4 aromatic rings. The normalized spacial score (nSPS) is 18.6. The molecule has 1 aliphatic heterocycles. The number of nitrogens with one attached hydrogen (secondary N) is 1. The van der Waals surface area contributed by atoms with Crippen molar-refractivity contribution in [3.8, 4) is 11.5 Å². The molecular weight excluding hydrogens is 488 g/mol. The third-order valence-electron chi connectivity index (χ3n) is 6.68. The predicted octanol–water partition coefficient (Wildman–Crippen LogP) is 6.45. The van der Waals surface area contributed by atoms with E-state index in [-0.39, 0.29) is 10.7 Å². The summed E-state index contributed by atoms with van der Waals surface area (Å²) < 4.78 is 39.9. The number of rotatable bonds is 6. The molecule has 1 saturated heterocycles. The first-order valence-corrected chi connectivity index (χ1v) is 13.8. The van der Waals surface area contributed by atoms with E-state index in [4.69, 9.17) is 9.15 Å². The van der Waals surface area contributed by atoms with E-state index in [0.717, 1.165) is 12.2 Å². The largest absolute Gasteiger partial charge is 0.457 e. The molecule has 1 fully saturated rings. The summed E-state index contributed by atoms with van der Waals surface area (Å²) in [5, 5.41) is 3.45. The fourth-order valence-electron chi connectivity index (χ4n) is 4.95. The molecule has 8 heteroatoms. The third-order valence-corrected chi connectivity index (χ3v) is 8.51. The molecule has 5 rings (SSSR count). The first kappa shape index (κ1) is 25.0. The Labute approximate surface area is 217 Å². The van der Waals surface area contributed by atoms with Crippen molar-refractivity contribution in [2.45, 2.75) is 32.1 Å². The molecule has 1 amide bonds. The van der Waals surface area contributed by atoms with E-state index in [9.17, 15) is 13.2 Å². The number of furan rings is 1. The van der Waals surface area contributed by atoms with E-state index >= 15 is 0 Å². The number of aryl methyl sites for hydroxylation is 1. The Morgan fingerprint density at radius 2 is 1.59 bits per heavy atom. The molecule has 0 bridgehead atoms. The maximum absolute atomic E-state index is 13.4. The maximum atomic E-state index is 13.4. The number of benzene rings is 3. The number of hydrogen-bond acceptors (Lipinski definition) is 5.